The number of aryl methyl sites for hydroxylation is 1. The Morgan fingerprint density at radius 3 is 2.86 bits per heavy atom. The molecule has 1 atom stereocenters. The molecule has 1 aromatic carbocycles. The maximum absolute atomic E-state index is 12.5. The van der Waals surface area contributed by atoms with E-state index in [2.05, 4.69) is 46.1 Å². The van der Waals surface area contributed by atoms with Crippen LogP contribution in [-0.4, -0.2) is 51.5 Å². The minimum absolute atomic E-state index is 0.0122. The highest BCUT2D eigenvalue weighted by Crippen LogP contribution is 2.35. The molecule has 2 aliphatic rings. The fourth-order valence-electron chi connectivity index (χ4n) is 4.18. The van der Waals surface area contributed by atoms with E-state index in [9.17, 15) is 4.79 Å². The lowest BCUT2D eigenvalue weighted by Crippen LogP contribution is -2.46. The van der Waals surface area contributed by atoms with Gasteiger partial charge in [0.15, 0.2) is 16.8 Å². The van der Waals surface area contributed by atoms with Gasteiger partial charge in [0.05, 0.1) is 19.0 Å². The molecule has 156 valence electrons. The summed E-state index contributed by atoms with van der Waals surface area (Å²) in [6, 6.07) is 8.24. The second kappa shape index (κ2) is 8.85. The molecule has 1 amide bonds. The zero-order valence-corrected chi connectivity index (χ0v) is 17.8. The van der Waals surface area contributed by atoms with E-state index in [1.165, 1.54) is 11.8 Å². The summed E-state index contributed by atoms with van der Waals surface area (Å²) < 4.78 is 13.7. The molecule has 1 aliphatic carbocycles. The first-order valence-electron chi connectivity index (χ1n) is 10.3. The molecule has 2 aromatic rings. The summed E-state index contributed by atoms with van der Waals surface area (Å²) >= 11 is 1.43. The van der Waals surface area contributed by atoms with Gasteiger partial charge in [-0.2, -0.15) is 0 Å². The third kappa shape index (κ3) is 4.49. The van der Waals surface area contributed by atoms with E-state index in [0.29, 0.717) is 19.0 Å². The fourth-order valence-corrected chi connectivity index (χ4v) is 5.00. The normalized spacial score (nSPS) is 20.8. The summed E-state index contributed by atoms with van der Waals surface area (Å²) in [6.07, 6.45) is 3.61. The van der Waals surface area contributed by atoms with Gasteiger partial charge in [-0.15, -0.1) is 10.2 Å². The fraction of sp³-hybridized carbons (Fsp3) is 0.571. The van der Waals surface area contributed by atoms with Crippen LogP contribution in [0.4, 0.5) is 0 Å². The summed E-state index contributed by atoms with van der Waals surface area (Å²) in [5, 5.41) is 12.6. The van der Waals surface area contributed by atoms with E-state index in [1.807, 2.05) is 12.1 Å². The Labute approximate surface area is 175 Å². The zero-order chi connectivity index (χ0) is 20.3. The van der Waals surface area contributed by atoms with Crippen molar-refractivity contribution in [1.82, 2.24) is 20.1 Å². The van der Waals surface area contributed by atoms with Crippen LogP contribution in [0.5, 0.6) is 0 Å². The van der Waals surface area contributed by atoms with E-state index in [-0.39, 0.29) is 11.9 Å². The van der Waals surface area contributed by atoms with Gasteiger partial charge in [0, 0.05) is 31.0 Å². The average Bonchev–Trinajstić information content (AvgIpc) is 3.33. The Hall–Kier alpha value is -1.90. The average molecular weight is 417 g/mol. The summed E-state index contributed by atoms with van der Waals surface area (Å²) in [4.78, 5) is 12.5. The number of ether oxygens (including phenoxy) is 2. The lowest BCUT2D eigenvalue weighted by atomic mass is 9.90. The van der Waals surface area contributed by atoms with Gasteiger partial charge in [0.2, 0.25) is 5.91 Å². The van der Waals surface area contributed by atoms with Gasteiger partial charge in [-0.05, 0) is 32.3 Å². The number of rotatable bonds is 6. The van der Waals surface area contributed by atoms with Gasteiger partial charge in [-0.25, -0.2) is 0 Å². The van der Waals surface area contributed by atoms with Crippen molar-refractivity contribution < 1.29 is 14.3 Å². The van der Waals surface area contributed by atoms with Crippen LogP contribution in [0, 0.1) is 6.92 Å². The molecule has 2 fully saturated rings. The molecule has 0 radical (unpaired) electrons. The van der Waals surface area contributed by atoms with Crippen molar-refractivity contribution in [3.63, 3.8) is 0 Å². The topological polar surface area (TPSA) is 78.3 Å². The van der Waals surface area contributed by atoms with Crippen molar-refractivity contribution in [2.45, 2.75) is 63.1 Å². The van der Waals surface area contributed by atoms with Crippen molar-refractivity contribution in [1.29, 1.82) is 0 Å². The molecule has 1 aliphatic heterocycles. The SMILES string of the molecule is CCn1c(SCC(=O)N[C@H]2CCCC3(C2)OCCO3)nnc1-c1ccccc1C. The maximum atomic E-state index is 12.5. The number of carbonyl (C=O) groups excluding carboxylic acids is 1. The predicted molar refractivity (Wildman–Crippen MR) is 112 cm³/mol. The third-order valence-corrected chi connectivity index (χ3v) is 6.56. The van der Waals surface area contributed by atoms with E-state index in [1.54, 1.807) is 0 Å². The summed E-state index contributed by atoms with van der Waals surface area (Å²) in [6.45, 7) is 6.18. The first-order valence-corrected chi connectivity index (χ1v) is 11.3. The molecule has 8 heteroatoms. The maximum Gasteiger partial charge on any atom is 0.230 e. The molecule has 7 nitrogen and oxygen atoms in total. The first kappa shape index (κ1) is 20.4. The second-order valence-corrected chi connectivity index (χ2v) is 8.56. The second-order valence-electron chi connectivity index (χ2n) is 7.62. The predicted octanol–water partition coefficient (Wildman–Crippen LogP) is 3.17. The van der Waals surface area contributed by atoms with Crippen molar-refractivity contribution in [3.8, 4) is 11.4 Å². The van der Waals surface area contributed by atoms with Crippen LogP contribution in [0.15, 0.2) is 29.4 Å². The molecule has 1 N–H and O–H groups in total. The molecule has 0 unspecified atom stereocenters. The third-order valence-electron chi connectivity index (χ3n) is 5.60. The van der Waals surface area contributed by atoms with Crippen molar-refractivity contribution >= 4 is 17.7 Å². The van der Waals surface area contributed by atoms with Gasteiger partial charge >= 0.3 is 0 Å². The molecule has 0 bridgehead atoms. The Bertz CT molecular complexity index is 863. The standard InChI is InChI=1S/C21H28N4O3S/c1-3-25-19(17-9-5-4-7-15(17)2)23-24-20(25)29-14-18(26)22-16-8-6-10-21(13-16)27-11-12-28-21/h4-5,7,9,16H,3,6,8,10-14H2,1-2H3,(H,22,26)/t16-/m0/s1. The molecule has 4 rings (SSSR count). The number of benzene rings is 1. The van der Waals surface area contributed by atoms with Crippen molar-refractivity contribution in [2.24, 2.45) is 0 Å². The number of thioether (sulfide) groups is 1. The largest absolute Gasteiger partial charge is 0.352 e. The van der Waals surface area contributed by atoms with Crippen LogP contribution in [0.3, 0.4) is 0 Å². The van der Waals surface area contributed by atoms with Crippen LogP contribution in [0.1, 0.15) is 38.2 Å². The summed E-state index contributed by atoms with van der Waals surface area (Å²) in [5.41, 5.74) is 2.23. The van der Waals surface area contributed by atoms with Crippen LogP contribution in [0.2, 0.25) is 0 Å². The molecule has 1 aromatic heterocycles. The monoisotopic (exact) mass is 416 g/mol. The van der Waals surface area contributed by atoms with Crippen LogP contribution < -0.4 is 5.32 Å². The van der Waals surface area contributed by atoms with Gasteiger partial charge in [-0.1, -0.05) is 36.0 Å². The lowest BCUT2D eigenvalue weighted by Gasteiger charge is -2.36. The highest BCUT2D eigenvalue weighted by Gasteiger charge is 2.41. The lowest BCUT2D eigenvalue weighted by molar-refractivity contribution is -0.182. The molecule has 1 saturated carbocycles. The van der Waals surface area contributed by atoms with Crippen LogP contribution >= 0.6 is 11.8 Å². The van der Waals surface area contributed by atoms with Gasteiger partial charge < -0.3 is 19.4 Å². The highest BCUT2D eigenvalue weighted by atomic mass is 32.2. The smallest absolute Gasteiger partial charge is 0.230 e. The van der Waals surface area contributed by atoms with E-state index in [4.69, 9.17) is 9.47 Å². The van der Waals surface area contributed by atoms with Crippen LogP contribution in [-0.2, 0) is 20.8 Å². The van der Waals surface area contributed by atoms with Gasteiger partial charge in [0.25, 0.3) is 0 Å². The number of aromatic nitrogens is 3. The zero-order valence-electron chi connectivity index (χ0n) is 17.0. The Morgan fingerprint density at radius 2 is 2.10 bits per heavy atom. The number of hydrogen-bond donors (Lipinski definition) is 1. The molecule has 1 saturated heterocycles. The van der Waals surface area contributed by atoms with Crippen LogP contribution in [0.25, 0.3) is 11.4 Å². The van der Waals surface area contributed by atoms with Crippen molar-refractivity contribution in [3.05, 3.63) is 29.8 Å². The van der Waals surface area contributed by atoms with E-state index >= 15 is 0 Å². The summed E-state index contributed by atoms with van der Waals surface area (Å²) in [7, 11) is 0. The molecular weight excluding hydrogens is 388 g/mol. The van der Waals surface area contributed by atoms with Gasteiger partial charge in [-0.3, -0.25) is 4.79 Å². The Balaban J connectivity index is 1.36. The minimum atomic E-state index is -0.478. The molecule has 1 spiro atoms. The Kier molecular flexibility index (Phi) is 6.22. The quantitative estimate of drug-likeness (QED) is 0.729. The van der Waals surface area contributed by atoms with E-state index < -0.39 is 5.79 Å². The molecular formula is C21H28N4O3S. The number of carbonyl (C=O) groups is 1. The summed E-state index contributed by atoms with van der Waals surface area (Å²) in [5.74, 6) is 0.696. The van der Waals surface area contributed by atoms with Crippen molar-refractivity contribution in [2.75, 3.05) is 19.0 Å². The number of nitrogens with one attached hydrogen (secondary N) is 1. The number of nitrogens with zero attached hydrogens (tertiary/aromatic N) is 3. The van der Waals surface area contributed by atoms with E-state index in [0.717, 1.165) is 54.3 Å². The highest BCUT2D eigenvalue weighted by molar-refractivity contribution is 7.99. The minimum Gasteiger partial charge on any atom is -0.352 e. The number of amides is 1. The number of hydrogen-bond acceptors (Lipinski definition) is 6. The van der Waals surface area contributed by atoms with Gasteiger partial charge in [0.1, 0.15) is 0 Å². The molecule has 2 heterocycles. The molecule has 29 heavy (non-hydrogen) atoms. The Morgan fingerprint density at radius 1 is 1.31 bits per heavy atom. The first-order chi connectivity index (χ1) is 14.1.